The summed E-state index contributed by atoms with van der Waals surface area (Å²) >= 11 is 1.42. The summed E-state index contributed by atoms with van der Waals surface area (Å²) in [6.45, 7) is 8.94. The van der Waals surface area contributed by atoms with Gasteiger partial charge in [-0.1, -0.05) is 41.6 Å². The highest BCUT2D eigenvalue weighted by atomic mass is 32.2. The number of hydrogen-bond donors (Lipinski definition) is 0. The molecule has 1 fully saturated rings. The molecule has 7 heteroatoms. The first kappa shape index (κ1) is 20.5. The predicted octanol–water partition coefficient (Wildman–Crippen LogP) is 4.62. The number of carbonyl (C=O) groups is 1. The van der Waals surface area contributed by atoms with E-state index >= 15 is 0 Å². The molecule has 156 valence electrons. The number of rotatable bonds is 9. The minimum absolute atomic E-state index is 0.0989. The molecule has 1 saturated carbocycles. The van der Waals surface area contributed by atoms with Gasteiger partial charge in [-0.05, 0) is 44.9 Å². The fourth-order valence-electron chi connectivity index (χ4n) is 3.44. The highest BCUT2D eigenvalue weighted by molar-refractivity contribution is 7.99. The Kier molecular flexibility index (Phi) is 6.08. The quantitative estimate of drug-likeness (QED) is 0.372. The summed E-state index contributed by atoms with van der Waals surface area (Å²) < 4.78 is 7.69. The molecule has 1 aliphatic carbocycles. The molecule has 6 nitrogen and oxygen atoms in total. The normalized spacial score (nSPS) is 13.4. The van der Waals surface area contributed by atoms with Crippen molar-refractivity contribution in [3.05, 3.63) is 66.1 Å². The van der Waals surface area contributed by atoms with E-state index in [1.165, 1.54) is 17.3 Å². The molecular weight excluding hydrogens is 396 g/mol. The van der Waals surface area contributed by atoms with Crippen LogP contribution in [0.4, 0.5) is 0 Å². The molecule has 0 saturated heterocycles. The second-order valence-electron chi connectivity index (χ2n) is 7.63. The van der Waals surface area contributed by atoms with Crippen molar-refractivity contribution in [2.24, 2.45) is 0 Å². The van der Waals surface area contributed by atoms with Crippen molar-refractivity contribution in [1.82, 2.24) is 19.7 Å². The first-order chi connectivity index (χ1) is 14.5. The average Bonchev–Trinajstić information content (AvgIpc) is 3.37. The van der Waals surface area contributed by atoms with E-state index in [9.17, 15) is 4.79 Å². The highest BCUT2D eigenvalue weighted by Gasteiger charge is 2.33. The Bertz CT molecular complexity index is 1050. The maximum Gasteiger partial charge on any atom is 0.233 e. The molecule has 0 bridgehead atoms. The molecule has 0 atom stereocenters. The van der Waals surface area contributed by atoms with Gasteiger partial charge in [0.25, 0.3) is 0 Å². The van der Waals surface area contributed by atoms with Crippen LogP contribution in [0.15, 0.2) is 58.6 Å². The Morgan fingerprint density at radius 2 is 2.13 bits per heavy atom. The van der Waals surface area contributed by atoms with Gasteiger partial charge in [0.2, 0.25) is 5.91 Å². The third-order valence-corrected chi connectivity index (χ3v) is 6.01. The molecule has 2 aromatic heterocycles. The summed E-state index contributed by atoms with van der Waals surface area (Å²) in [6.07, 6.45) is 3.94. The van der Waals surface area contributed by atoms with Crippen molar-refractivity contribution in [3.8, 4) is 11.4 Å². The van der Waals surface area contributed by atoms with Gasteiger partial charge >= 0.3 is 0 Å². The second kappa shape index (κ2) is 8.92. The molecule has 1 aromatic carbocycles. The van der Waals surface area contributed by atoms with Gasteiger partial charge in [-0.25, -0.2) is 0 Å². The Morgan fingerprint density at radius 1 is 1.30 bits per heavy atom. The summed E-state index contributed by atoms with van der Waals surface area (Å²) in [7, 11) is 0. The minimum atomic E-state index is 0.0989. The van der Waals surface area contributed by atoms with Crippen LogP contribution in [0.2, 0.25) is 0 Å². The molecule has 0 spiro atoms. The van der Waals surface area contributed by atoms with Crippen LogP contribution in [0.1, 0.15) is 29.9 Å². The first-order valence-corrected chi connectivity index (χ1v) is 11.1. The van der Waals surface area contributed by atoms with Crippen molar-refractivity contribution in [3.63, 3.8) is 0 Å². The zero-order valence-electron chi connectivity index (χ0n) is 17.4. The fourth-order valence-corrected chi connectivity index (χ4v) is 4.27. The lowest BCUT2D eigenvalue weighted by Crippen LogP contribution is -2.33. The van der Waals surface area contributed by atoms with Gasteiger partial charge in [-0.15, -0.1) is 16.8 Å². The molecule has 1 aliphatic rings. The van der Waals surface area contributed by atoms with Gasteiger partial charge in [0.15, 0.2) is 11.0 Å². The van der Waals surface area contributed by atoms with Gasteiger partial charge in [-0.2, -0.15) is 0 Å². The number of thioether (sulfide) groups is 1. The summed E-state index contributed by atoms with van der Waals surface area (Å²) in [5.74, 6) is 2.90. The van der Waals surface area contributed by atoms with E-state index in [1.807, 2.05) is 46.7 Å². The standard InChI is InChI=1S/C23H26N4O2S/c1-4-12-26-22(18-7-5-6-16(2)13-18)24-25-23(26)30-15-21(28)27(19-9-10-19)14-20-11-8-17(3)29-20/h4-8,11,13,19H,1,9-10,12,14-15H2,2-3H3. The number of amides is 1. The van der Waals surface area contributed by atoms with E-state index < -0.39 is 0 Å². The monoisotopic (exact) mass is 422 g/mol. The van der Waals surface area contributed by atoms with Crippen LogP contribution in [0.25, 0.3) is 11.4 Å². The van der Waals surface area contributed by atoms with Crippen molar-refractivity contribution in [1.29, 1.82) is 0 Å². The number of aromatic nitrogens is 3. The zero-order chi connectivity index (χ0) is 21.1. The summed E-state index contributed by atoms with van der Waals surface area (Å²) in [6, 6.07) is 12.4. The number of aryl methyl sites for hydroxylation is 2. The largest absolute Gasteiger partial charge is 0.464 e. The molecule has 1 amide bonds. The zero-order valence-corrected chi connectivity index (χ0v) is 18.2. The van der Waals surface area contributed by atoms with Gasteiger partial charge in [0.05, 0.1) is 12.3 Å². The van der Waals surface area contributed by atoms with Crippen molar-refractivity contribution >= 4 is 17.7 Å². The van der Waals surface area contributed by atoms with Crippen LogP contribution < -0.4 is 0 Å². The topological polar surface area (TPSA) is 64.2 Å². The number of furan rings is 1. The Hall–Kier alpha value is -2.80. The van der Waals surface area contributed by atoms with Crippen molar-refractivity contribution < 1.29 is 9.21 Å². The molecule has 4 rings (SSSR count). The van der Waals surface area contributed by atoms with Gasteiger partial charge in [-0.3, -0.25) is 9.36 Å². The maximum absolute atomic E-state index is 13.0. The minimum Gasteiger partial charge on any atom is -0.464 e. The molecule has 0 N–H and O–H groups in total. The van der Waals surface area contributed by atoms with Crippen LogP contribution in [0.3, 0.4) is 0 Å². The number of benzene rings is 1. The van der Waals surface area contributed by atoms with E-state index in [0.717, 1.165) is 40.9 Å². The van der Waals surface area contributed by atoms with Crippen molar-refractivity contribution in [2.45, 2.75) is 51.0 Å². The highest BCUT2D eigenvalue weighted by Crippen LogP contribution is 2.31. The van der Waals surface area contributed by atoms with Gasteiger partial charge in [0.1, 0.15) is 11.5 Å². The number of nitrogens with zero attached hydrogens (tertiary/aromatic N) is 4. The first-order valence-electron chi connectivity index (χ1n) is 10.1. The molecule has 0 radical (unpaired) electrons. The van der Waals surface area contributed by atoms with Crippen molar-refractivity contribution in [2.75, 3.05) is 5.75 Å². The molecular formula is C23H26N4O2S. The second-order valence-corrected chi connectivity index (χ2v) is 8.57. The van der Waals surface area contributed by atoms with Crippen LogP contribution in [-0.4, -0.2) is 37.4 Å². The van der Waals surface area contributed by atoms with E-state index in [1.54, 1.807) is 0 Å². The predicted molar refractivity (Wildman–Crippen MR) is 118 cm³/mol. The molecule has 2 heterocycles. The maximum atomic E-state index is 13.0. The van der Waals surface area contributed by atoms with Crippen LogP contribution >= 0.6 is 11.8 Å². The van der Waals surface area contributed by atoms with E-state index in [0.29, 0.717) is 24.9 Å². The van der Waals surface area contributed by atoms with E-state index in [-0.39, 0.29) is 5.91 Å². The smallest absolute Gasteiger partial charge is 0.233 e. The third kappa shape index (κ3) is 4.67. The van der Waals surface area contributed by atoms with Crippen LogP contribution in [-0.2, 0) is 17.9 Å². The molecule has 0 aliphatic heterocycles. The Labute approximate surface area is 181 Å². The average molecular weight is 423 g/mol. The van der Waals surface area contributed by atoms with E-state index in [2.05, 4.69) is 35.8 Å². The number of hydrogen-bond acceptors (Lipinski definition) is 5. The Morgan fingerprint density at radius 3 is 2.80 bits per heavy atom. The molecule has 0 unspecified atom stereocenters. The van der Waals surface area contributed by atoms with Crippen LogP contribution in [0.5, 0.6) is 0 Å². The van der Waals surface area contributed by atoms with Gasteiger partial charge < -0.3 is 9.32 Å². The Balaban J connectivity index is 1.48. The molecule has 3 aromatic rings. The van der Waals surface area contributed by atoms with Gasteiger partial charge in [0, 0.05) is 18.2 Å². The van der Waals surface area contributed by atoms with Crippen LogP contribution in [0, 0.1) is 13.8 Å². The molecule has 30 heavy (non-hydrogen) atoms. The summed E-state index contributed by atoms with van der Waals surface area (Å²) in [4.78, 5) is 14.9. The lowest BCUT2D eigenvalue weighted by Gasteiger charge is -2.21. The fraction of sp³-hybridized carbons (Fsp3) is 0.348. The van der Waals surface area contributed by atoms with E-state index in [4.69, 9.17) is 4.42 Å². The number of allylic oxidation sites excluding steroid dienone is 1. The lowest BCUT2D eigenvalue weighted by molar-refractivity contribution is -0.129. The summed E-state index contributed by atoms with van der Waals surface area (Å²) in [5, 5.41) is 9.48. The summed E-state index contributed by atoms with van der Waals surface area (Å²) in [5.41, 5.74) is 2.17. The number of carbonyl (C=O) groups excluding carboxylic acids is 1. The lowest BCUT2D eigenvalue weighted by atomic mass is 10.1. The SMILES string of the molecule is C=CCn1c(SCC(=O)N(Cc2ccc(C)o2)C2CC2)nnc1-c1cccc(C)c1. The third-order valence-electron chi connectivity index (χ3n) is 5.06.